The zero-order valence-electron chi connectivity index (χ0n) is 14.3. The Labute approximate surface area is 134 Å². The Kier molecular flexibility index (Phi) is 5.84. The van der Waals surface area contributed by atoms with Gasteiger partial charge in [-0.1, -0.05) is 13.3 Å². The SMILES string of the molecule is CCC[C@]1(C(=O)OCC)CCCN1C(=O)C1CCN(C)CC1. The van der Waals surface area contributed by atoms with E-state index in [0.29, 0.717) is 19.6 Å². The summed E-state index contributed by atoms with van der Waals surface area (Å²) in [5, 5.41) is 0. The second-order valence-corrected chi connectivity index (χ2v) is 6.67. The van der Waals surface area contributed by atoms with Crippen LogP contribution in [0.1, 0.15) is 52.4 Å². The normalized spacial score (nSPS) is 27.1. The summed E-state index contributed by atoms with van der Waals surface area (Å²) in [6.45, 7) is 6.90. The zero-order chi connectivity index (χ0) is 16.2. The van der Waals surface area contributed by atoms with Crippen molar-refractivity contribution in [3.63, 3.8) is 0 Å². The third-order valence-corrected chi connectivity index (χ3v) is 5.14. The van der Waals surface area contributed by atoms with E-state index in [-0.39, 0.29) is 17.8 Å². The molecule has 22 heavy (non-hydrogen) atoms. The zero-order valence-corrected chi connectivity index (χ0v) is 14.3. The van der Waals surface area contributed by atoms with Crippen molar-refractivity contribution in [1.82, 2.24) is 9.80 Å². The molecular weight excluding hydrogens is 280 g/mol. The predicted octanol–water partition coefficient (Wildman–Crippen LogP) is 2.05. The molecule has 0 unspecified atom stereocenters. The predicted molar refractivity (Wildman–Crippen MR) is 85.4 cm³/mol. The number of likely N-dealkylation sites (tertiary alicyclic amines) is 2. The van der Waals surface area contributed by atoms with Gasteiger partial charge in [-0.3, -0.25) is 4.79 Å². The highest BCUT2D eigenvalue weighted by molar-refractivity contribution is 5.89. The van der Waals surface area contributed by atoms with E-state index in [0.717, 1.165) is 45.2 Å². The molecule has 2 aliphatic rings. The standard InChI is InChI=1S/C17H30N2O3/c1-4-9-17(16(21)22-5-2)10-6-11-19(17)15(20)14-7-12-18(3)13-8-14/h14H,4-13H2,1-3H3/t17-/m1/s1. The van der Waals surface area contributed by atoms with Gasteiger partial charge in [0.25, 0.3) is 0 Å². The summed E-state index contributed by atoms with van der Waals surface area (Å²) in [5.74, 6) is 0.0442. The molecule has 0 N–H and O–H groups in total. The lowest BCUT2D eigenvalue weighted by molar-refractivity contribution is -0.164. The number of carbonyl (C=O) groups is 2. The number of hydrogen-bond donors (Lipinski definition) is 0. The number of hydrogen-bond acceptors (Lipinski definition) is 4. The Morgan fingerprint density at radius 2 is 1.86 bits per heavy atom. The smallest absolute Gasteiger partial charge is 0.332 e. The number of piperidine rings is 1. The molecule has 5 nitrogen and oxygen atoms in total. The largest absolute Gasteiger partial charge is 0.464 e. The minimum Gasteiger partial charge on any atom is -0.464 e. The lowest BCUT2D eigenvalue weighted by Crippen LogP contribution is -2.56. The molecule has 0 saturated carbocycles. The third kappa shape index (κ3) is 3.29. The first-order valence-electron chi connectivity index (χ1n) is 8.72. The Morgan fingerprint density at radius 3 is 2.45 bits per heavy atom. The van der Waals surface area contributed by atoms with E-state index < -0.39 is 5.54 Å². The van der Waals surface area contributed by atoms with Crippen molar-refractivity contribution in [2.75, 3.05) is 33.3 Å². The molecule has 5 heteroatoms. The molecule has 0 spiro atoms. The van der Waals surface area contributed by atoms with Crippen LogP contribution in [0.5, 0.6) is 0 Å². The van der Waals surface area contributed by atoms with E-state index in [2.05, 4.69) is 18.9 Å². The van der Waals surface area contributed by atoms with Crippen LogP contribution < -0.4 is 0 Å². The van der Waals surface area contributed by atoms with Gasteiger partial charge in [-0.05, 0) is 59.2 Å². The maximum Gasteiger partial charge on any atom is 0.332 e. The number of nitrogens with zero attached hydrogens (tertiary/aromatic N) is 2. The Hall–Kier alpha value is -1.10. The Bertz CT molecular complexity index is 405. The summed E-state index contributed by atoms with van der Waals surface area (Å²) < 4.78 is 5.33. The molecule has 2 heterocycles. The molecular formula is C17H30N2O3. The molecule has 1 amide bonds. The average molecular weight is 310 g/mol. The van der Waals surface area contributed by atoms with Crippen LogP contribution in [0.25, 0.3) is 0 Å². The van der Waals surface area contributed by atoms with Gasteiger partial charge in [0.05, 0.1) is 6.61 Å². The molecule has 0 aromatic carbocycles. The second-order valence-electron chi connectivity index (χ2n) is 6.67. The summed E-state index contributed by atoms with van der Waals surface area (Å²) in [6, 6.07) is 0. The van der Waals surface area contributed by atoms with Crippen molar-refractivity contribution >= 4 is 11.9 Å². The van der Waals surface area contributed by atoms with E-state index in [1.165, 1.54) is 0 Å². The Morgan fingerprint density at radius 1 is 1.18 bits per heavy atom. The van der Waals surface area contributed by atoms with Gasteiger partial charge in [-0.2, -0.15) is 0 Å². The van der Waals surface area contributed by atoms with Gasteiger partial charge >= 0.3 is 5.97 Å². The van der Waals surface area contributed by atoms with E-state index in [1.807, 2.05) is 11.8 Å². The Balaban J connectivity index is 2.15. The van der Waals surface area contributed by atoms with Crippen LogP contribution in [0.2, 0.25) is 0 Å². The lowest BCUT2D eigenvalue weighted by atomic mass is 9.88. The van der Waals surface area contributed by atoms with Crippen LogP contribution in [0.4, 0.5) is 0 Å². The van der Waals surface area contributed by atoms with Crippen molar-refractivity contribution < 1.29 is 14.3 Å². The molecule has 0 aromatic heterocycles. The van der Waals surface area contributed by atoms with Gasteiger partial charge in [-0.15, -0.1) is 0 Å². The van der Waals surface area contributed by atoms with Crippen molar-refractivity contribution in [3.8, 4) is 0 Å². The fraction of sp³-hybridized carbons (Fsp3) is 0.882. The fourth-order valence-electron chi connectivity index (χ4n) is 3.93. The number of carbonyl (C=O) groups excluding carboxylic acids is 2. The highest BCUT2D eigenvalue weighted by atomic mass is 16.5. The molecule has 2 fully saturated rings. The van der Waals surface area contributed by atoms with Gasteiger partial charge in [0.15, 0.2) is 0 Å². The topological polar surface area (TPSA) is 49.9 Å². The van der Waals surface area contributed by atoms with Crippen LogP contribution >= 0.6 is 0 Å². The minimum absolute atomic E-state index is 0.0694. The van der Waals surface area contributed by atoms with Crippen LogP contribution in [0.3, 0.4) is 0 Å². The number of esters is 1. The van der Waals surface area contributed by atoms with E-state index in [9.17, 15) is 9.59 Å². The number of ether oxygens (including phenoxy) is 1. The van der Waals surface area contributed by atoms with E-state index >= 15 is 0 Å². The first-order chi connectivity index (χ1) is 10.5. The monoisotopic (exact) mass is 310 g/mol. The fourth-order valence-corrected chi connectivity index (χ4v) is 3.93. The third-order valence-electron chi connectivity index (χ3n) is 5.14. The van der Waals surface area contributed by atoms with Crippen molar-refractivity contribution in [1.29, 1.82) is 0 Å². The molecule has 2 saturated heterocycles. The number of rotatable bonds is 5. The summed E-state index contributed by atoms with van der Waals surface area (Å²) >= 11 is 0. The maximum atomic E-state index is 13.0. The van der Waals surface area contributed by atoms with E-state index in [1.54, 1.807) is 0 Å². The molecule has 2 rings (SSSR count). The quantitative estimate of drug-likeness (QED) is 0.729. The molecule has 0 bridgehead atoms. The first kappa shape index (κ1) is 17.3. The van der Waals surface area contributed by atoms with E-state index in [4.69, 9.17) is 4.74 Å². The van der Waals surface area contributed by atoms with Gasteiger partial charge < -0.3 is 14.5 Å². The molecule has 1 atom stereocenters. The molecule has 0 aromatic rings. The lowest BCUT2D eigenvalue weighted by Gasteiger charge is -2.39. The summed E-state index contributed by atoms with van der Waals surface area (Å²) in [7, 11) is 2.09. The van der Waals surface area contributed by atoms with Crippen LogP contribution in [-0.2, 0) is 14.3 Å². The van der Waals surface area contributed by atoms with Crippen LogP contribution in [0.15, 0.2) is 0 Å². The summed E-state index contributed by atoms with van der Waals surface area (Å²) in [5.41, 5.74) is -0.703. The van der Waals surface area contributed by atoms with Gasteiger partial charge in [-0.25, -0.2) is 4.79 Å². The molecule has 2 aliphatic heterocycles. The summed E-state index contributed by atoms with van der Waals surface area (Å²) in [4.78, 5) is 29.7. The van der Waals surface area contributed by atoms with Gasteiger partial charge in [0.1, 0.15) is 5.54 Å². The van der Waals surface area contributed by atoms with Gasteiger partial charge in [0, 0.05) is 12.5 Å². The molecule has 126 valence electrons. The first-order valence-corrected chi connectivity index (χ1v) is 8.72. The maximum absolute atomic E-state index is 13.0. The molecule has 0 aliphatic carbocycles. The molecule has 0 radical (unpaired) electrons. The highest BCUT2D eigenvalue weighted by Crippen LogP contribution is 2.37. The highest BCUT2D eigenvalue weighted by Gasteiger charge is 2.51. The van der Waals surface area contributed by atoms with Crippen molar-refractivity contribution in [3.05, 3.63) is 0 Å². The van der Waals surface area contributed by atoms with Crippen LogP contribution in [-0.4, -0.2) is 60.5 Å². The number of amides is 1. The van der Waals surface area contributed by atoms with Crippen LogP contribution in [0, 0.1) is 5.92 Å². The van der Waals surface area contributed by atoms with Crippen molar-refractivity contribution in [2.45, 2.75) is 57.9 Å². The average Bonchev–Trinajstić information content (AvgIpc) is 2.93. The van der Waals surface area contributed by atoms with Crippen molar-refractivity contribution in [2.24, 2.45) is 5.92 Å². The summed E-state index contributed by atoms with van der Waals surface area (Å²) in [6.07, 6.45) is 5.04. The minimum atomic E-state index is -0.703. The van der Waals surface area contributed by atoms with Gasteiger partial charge in [0.2, 0.25) is 5.91 Å². The second kappa shape index (κ2) is 7.44.